The van der Waals surface area contributed by atoms with Crippen molar-refractivity contribution in [3.63, 3.8) is 0 Å². The summed E-state index contributed by atoms with van der Waals surface area (Å²) in [5.41, 5.74) is 1.33. The van der Waals surface area contributed by atoms with Crippen LogP contribution in [0.4, 0.5) is 6.01 Å². The lowest BCUT2D eigenvalue weighted by Crippen LogP contribution is -2.13. The van der Waals surface area contributed by atoms with Gasteiger partial charge < -0.3 is 15.1 Å². The van der Waals surface area contributed by atoms with Crippen LogP contribution in [0.2, 0.25) is 0 Å². The quantitative estimate of drug-likeness (QED) is 0.764. The van der Waals surface area contributed by atoms with E-state index in [1.165, 1.54) is 15.3 Å². The molecule has 6 heteroatoms. The summed E-state index contributed by atoms with van der Waals surface area (Å²) in [5.74, 6) is 0.620. The van der Waals surface area contributed by atoms with Gasteiger partial charge in [0.15, 0.2) is 0 Å². The Kier molecular flexibility index (Phi) is 4.93. The van der Waals surface area contributed by atoms with Gasteiger partial charge in [0.05, 0.1) is 13.1 Å². The number of thiophene rings is 1. The highest BCUT2D eigenvalue weighted by atomic mass is 32.1. The first kappa shape index (κ1) is 14.0. The highest BCUT2D eigenvalue weighted by molar-refractivity contribution is 7.12. The van der Waals surface area contributed by atoms with Crippen LogP contribution in [0.15, 0.2) is 10.5 Å². The van der Waals surface area contributed by atoms with Gasteiger partial charge in [0.2, 0.25) is 5.89 Å². The zero-order valence-corrected chi connectivity index (χ0v) is 12.4. The fourth-order valence-corrected chi connectivity index (χ4v) is 2.66. The molecule has 0 aliphatic heterocycles. The minimum absolute atomic E-state index is 0.483. The maximum Gasteiger partial charge on any atom is 0.315 e. The Balaban J connectivity index is 1.82. The van der Waals surface area contributed by atoms with E-state index in [1.807, 2.05) is 0 Å². The number of anilines is 1. The number of aryl methyl sites for hydroxylation is 2. The van der Waals surface area contributed by atoms with E-state index >= 15 is 0 Å². The second kappa shape index (κ2) is 6.68. The molecule has 0 radical (unpaired) electrons. The van der Waals surface area contributed by atoms with E-state index in [4.69, 9.17) is 4.42 Å². The number of nitrogens with one attached hydrogen (secondary N) is 2. The van der Waals surface area contributed by atoms with Crippen molar-refractivity contribution in [1.29, 1.82) is 0 Å². The molecule has 19 heavy (non-hydrogen) atoms. The van der Waals surface area contributed by atoms with Crippen LogP contribution >= 0.6 is 11.3 Å². The lowest BCUT2D eigenvalue weighted by Gasteiger charge is -1.98. The average molecular weight is 280 g/mol. The summed E-state index contributed by atoms with van der Waals surface area (Å²) in [6.45, 7) is 8.69. The normalized spacial score (nSPS) is 10.9. The highest BCUT2D eigenvalue weighted by Gasteiger charge is 2.06. The van der Waals surface area contributed by atoms with E-state index in [2.05, 4.69) is 47.7 Å². The number of rotatable bonds is 7. The molecule has 0 unspecified atom stereocenters. The Labute approximate surface area is 117 Å². The fraction of sp³-hybridized carbons (Fsp3) is 0.538. The monoisotopic (exact) mass is 280 g/mol. The average Bonchev–Trinajstić information content (AvgIpc) is 2.95. The topological polar surface area (TPSA) is 63.0 Å². The fourth-order valence-electron chi connectivity index (χ4n) is 1.67. The van der Waals surface area contributed by atoms with Crippen molar-refractivity contribution in [3.05, 3.63) is 27.3 Å². The second-order valence-corrected chi connectivity index (χ2v) is 5.82. The predicted octanol–water partition coefficient (Wildman–Crippen LogP) is 2.86. The van der Waals surface area contributed by atoms with E-state index in [-0.39, 0.29) is 0 Å². The Morgan fingerprint density at radius 1 is 1.26 bits per heavy atom. The smallest absolute Gasteiger partial charge is 0.315 e. The van der Waals surface area contributed by atoms with Crippen LogP contribution in [0, 0.1) is 13.8 Å². The zero-order valence-electron chi connectivity index (χ0n) is 11.6. The van der Waals surface area contributed by atoms with E-state index in [0.717, 1.165) is 19.5 Å². The van der Waals surface area contributed by atoms with Crippen molar-refractivity contribution >= 4 is 17.4 Å². The third kappa shape index (κ3) is 4.04. The molecule has 2 rings (SSSR count). The number of hydrogen-bond donors (Lipinski definition) is 2. The van der Waals surface area contributed by atoms with Gasteiger partial charge >= 0.3 is 6.01 Å². The standard InChI is InChI=1S/C13H20N4OS/c1-4-5-14-8-12-16-17-13(18-12)15-7-11-6-9(2)10(3)19-11/h6,14H,4-5,7-8H2,1-3H3,(H,15,17). The molecule has 5 nitrogen and oxygen atoms in total. The van der Waals surface area contributed by atoms with Crippen molar-refractivity contribution in [2.24, 2.45) is 0 Å². The van der Waals surface area contributed by atoms with Gasteiger partial charge in [-0.25, -0.2) is 0 Å². The van der Waals surface area contributed by atoms with E-state index in [1.54, 1.807) is 11.3 Å². The first-order chi connectivity index (χ1) is 9.19. The van der Waals surface area contributed by atoms with Crippen molar-refractivity contribution < 1.29 is 4.42 Å². The van der Waals surface area contributed by atoms with Crippen molar-refractivity contribution in [1.82, 2.24) is 15.5 Å². The molecular weight excluding hydrogens is 260 g/mol. The van der Waals surface area contributed by atoms with E-state index < -0.39 is 0 Å². The molecule has 0 saturated heterocycles. The first-order valence-electron chi connectivity index (χ1n) is 6.52. The molecule has 2 aromatic heterocycles. The summed E-state index contributed by atoms with van der Waals surface area (Å²) in [7, 11) is 0. The molecule has 0 saturated carbocycles. The van der Waals surface area contributed by atoms with E-state index in [9.17, 15) is 0 Å². The van der Waals surface area contributed by atoms with Gasteiger partial charge in [-0.05, 0) is 38.4 Å². The lowest BCUT2D eigenvalue weighted by molar-refractivity contribution is 0.477. The van der Waals surface area contributed by atoms with Crippen molar-refractivity contribution in [2.45, 2.75) is 40.3 Å². The Morgan fingerprint density at radius 3 is 2.79 bits per heavy atom. The Hall–Kier alpha value is -1.40. The summed E-state index contributed by atoms with van der Waals surface area (Å²) in [5, 5.41) is 14.3. The van der Waals surface area contributed by atoms with Crippen LogP contribution in [0.25, 0.3) is 0 Å². The third-order valence-electron chi connectivity index (χ3n) is 2.80. The van der Waals surface area contributed by atoms with Crippen LogP contribution in [-0.2, 0) is 13.1 Å². The SMILES string of the molecule is CCCNCc1nnc(NCc2cc(C)c(C)s2)o1. The highest BCUT2D eigenvalue weighted by Crippen LogP contribution is 2.21. The minimum Gasteiger partial charge on any atom is -0.407 e. The maximum absolute atomic E-state index is 5.50. The van der Waals surface area contributed by atoms with Gasteiger partial charge in [-0.2, -0.15) is 0 Å². The summed E-state index contributed by atoms with van der Waals surface area (Å²) < 4.78 is 5.50. The van der Waals surface area contributed by atoms with Crippen LogP contribution < -0.4 is 10.6 Å². The molecular formula is C13H20N4OS. The molecule has 0 amide bonds. The molecule has 0 aliphatic carbocycles. The first-order valence-corrected chi connectivity index (χ1v) is 7.33. The molecule has 0 aromatic carbocycles. The molecule has 0 fully saturated rings. The molecule has 104 valence electrons. The summed E-state index contributed by atoms with van der Waals surface area (Å²) in [6, 6.07) is 2.67. The molecule has 2 aromatic rings. The number of aromatic nitrogens is 2. The molecule has 0 atom stereocenters. The van der Waals surface area contributed by atoms with E-state index in [0.29, 0.717) is 18.5 Å². The lowest BCUT2D eigenvalue weighted by atomic mass is 10.3. The predicted molar refractivity (Wildman–Crippen MR) is 77.4 cm³/mol. The van der Waals surface area contributed by atoms with Crippen LogP contribution in [0.3, 0.4) is 0 Å². The molecule has 0 bridgehead atoms. The second-order valence-electron chi connectivity index (χ2n) is 4.48. The summed E-state index contributed by atoms with van der Waals surface area (Å²) in [4.78, 5) is 2.63. The summed E-state index contributed by atoms with van der Waals surface area (Å²) >= 11 is 1.79. The number of nitrogens with zero attached hydrogens (tertiary/aromatic N) is 2. The van der Waals surface area contributed by atoms with Crippen LogP contribution in [0.1, 0.15) is 34.6 Å². The van der Waals surface area contributed by atoms with Crippen molar-refractivity contribution in [2.75, 3.05) is 11.9 Å². The van der Waals surface area contributed by atoms with Gasteiger partial charge in [-0.3, -0.25) is 0 Å². The molecule has 2 N–H and O–H groups in total. The Bertz CT molecular complexity index is 501. The molecule has 0 aliphatic rings. The zero-order chi connectivity index (χ0) is 13.7. The number of hydrogen-bond acceptors (Lipinski definition) is 6. The third-order valence-corrected chi connectivity index (χ3v) is 3.95. The van der Waals surface area contributed by atoms with Crippen LogP contribution in [-0.4, -0.2) is 16.7 Å². The minimum atomic E-state index is 0.483. The maximum atomic E-state index is 5.50. The molecule has 2 heterocycles. The van der Waals surface area contributed by atoms with Gasteiger partial charge in [0.25, 0.3) is 0 Å². The van der Waals surface area contributed by atoms with Gasteiger partial charge in [-0.1, -0.05) is 12.0 Å². The van der Waals surface area contributed by atoms with Gasteiger partial charge in [0, 0.05) is 9.75 Å². The van der Waals surface area contributed by atoms with Gasteiger partial charge in [0.1, 0.15) is 0 Å². The molecule has 0 spiro atoms. The van der Waals surface area contributed by atoms with Gasteiger partial charge in [-0.15, -0.1) is 16.4 Å². The largest absolute Gasteiger partial charge is 0.407 e. The van der Waals surface area contributed by atoms with Crippen LogP contribution in [0.5, 0.6) is 0 Å². The summed E-state index contributed by atoms with van der Waals surface area (Å²) in [6.07, 6.45) is 1.09. The Morgan fingerprint density at radius 2 is 2.11 bits per heavy atom. The van der Waals surface area contributed by atoms with Crippen molar-refractivity contribution in [3.8, 4) is 0 Å².